The fourth-order valence-electron chi connectivity index (χ4n) is 2.67. The third-order valence-corrected chi connectivity index (χ3v) is 3.80. The predicted octanol–water partition coefficient (Wildman–Crippen LogP) is 2.72. The zero-order valence-corrected chi connectivity index (χ0v) is 11.6. The van der Waals surface area contributed by atoms with Crippen molar-refractivity contribution in [3.63, 3.8) is 0 Å². The lowest BCUT2D eigenvalue weighted by molar-refractivity contribution is -0.385. The van der Waals surface area contributed by atoms with Crippen LogP contribution in [0, 0.1) is 15.9 Å². The van der Waals surface area contributed by atoms with Gasteiger partial charge in [0.15, 0.2) is 5.82 Å². The molecule has 0 heterocycles. The highest BCUT2D eigenvalue weighted by atomic mass is 19.1. The van der Waals surface area contributed by atoms with Crippen molar-refractivity contribution in [1.29, 1.82) is 0 Å². The van der Waals surface area contributed by atoms with Gasteiger partial charge >= 0.3 is 0 Å². The highest BCUT2D eigenvalue weighted by Crippen LogP contribution is 2.29. The summed E-state index contributed by atoms with van der Waals surface area (Å²) in [5, 5.41) is 13.0. The number of nitrogens with one attached hydrogen (secondary N) is 1. The van der Waals surface area contributed by atoms with Gasteiger partial charge in [-0.25, -0.2) is 4.39 Å². The predicted molar refractivity (Wildman–Crippen MR) is 76.3 cm³/mol. The third kappa shape index (κ3) is 3.98. The number of nitro benzene ring substituents is 1. The largest absolute Gasteiger partial charge is 0.325 e. The van der Waals surface area contributed by atoms with Gasteiger partial charge in [-0.1, -0.05) is 19.3 Å². The van der Waals surface area contributed by atoms with Gasteiger partial charge < -0.3 is 11.1 Å². The monoisotopic (exact) mass is 295 g/mol. The van der Waals surface area contributed by atoms with Gasteiger partial charge in [0.05, 0.1) is 16.7 Å². The first-order chi connectivity index (χ1) is 9.89. The molecule has 6 nitrogen and oxygen atoms in total. The molecule has 3 N–H and O–H groups in total. The van der Waals surface area contributed by atoms with E-state index in [1.165, 1.54) is 6.07 Å². The van der Waals surface area contributed by atoms with Gasteiger partial charge in [0.1, 0.15) is 0 Å². The lowest BCUT2D eigenvalue weighted by atomic mass is 9.80. The molecule has 1 aliphatic rings. The average molecular weight is 295 g/mol. The maximum absolute atomic E-state index is 13.7. The average Bonchev–Trinajstić information content (AvgIpc) is 2.41. The molecule has 0 aliphatic heterocycles. The van der Waals surface area contributed by atoms with Crippen LogP contribution in [0.3, 0.4) is 0 Å². The molecule has 1 aromatic rings. The number of halogens is 1. The lowest BCUT2D eigenvalue weighted by Crippen LogP contribution is -2.44. The minimum absolute atomic E-state index is 0.0648. The molecular weight excluding hydrogens is 277 g/mol. The van der Waals surface area contributed by atoms with Crippen LogP contribution in [-0.4, -0.2) is 16.4 Å². The second-order valence-electron chi connectivity index (χ2n) is 5.57. The molecule has 0 atom stereocenters. The van der Waals surface area contributed by atoms with E-state index < -0.39 is 16.3 Å². The minimum atomic E-state index is -0.827. The van der Waals surface area contributed by atoms with Gasteiger partial charge in [-0.2, -0.15) is 0 Å². The Labute approximate surface area is 121 Å². The van der Waals surface area contributed by atoms with E-state index in [2.05, 4.69) is 5.32 Å². The van der Waals surface area contributed by atoms with Crippen molar-refractivity contribution >= 4 is 17.3 Å². The Morgan fingerprint density at radius 2 is 2.05 bits per heavy atom. The fraction of sp³-hybridized carbons (Fsp3) is 0.500. The number of nitrogens with two attached hydrogens (primary N) is 1. The molecular formula is C14H18FN3O3. The summed E-state index contributed by atoms with van der Waals surface area (Å²) in [6.07, 6.45) is 4.80. The second-order valence-corrected chi connectivity index (χ2v) is 5.57. The molecule has 2 rings (SSSR count). The summed E-state index contributed by atoms with van der Waals surface area (Å²) in [5.74, 6) is -1.19. The Morgan fingerprint density at radius 1 is 1.38 bits per heavy atom. The summed E-state index contributed by atoms with van der Waals surface area (Å²) >= 11 is 0. The topological polar surface area (TPSA) is 98.3 Å². The van der Waals surface area contributed by atoms with E-state index in [9.17, 15) is 19.3 Å². The van der Waals surface area contributed by atoms with Crippen molar-refractivity contribution in [3.8, 4) is 0 Å². The molecule has 1 fully saturated rings. The molecule has 0 radical (unpaired) electrons. The Balaban J connectivity index is 2.01. The Morgan fingerprint density at radius 3 is 2.62 bits per heavy atom. The summed E-state index contributed by atoms with van der Waals surface area (Å²) in [6.45, 7) is 0. The van der Waals surface area contributed by atoms with Crippen LogP contribution in [0.4, 0.5) is 15.8 Å². The van der Waals surface area contributed by atoms with E-state index in [0.717, 1.165) is 44.2 Å². The maximum atomic E-state index is 13.7. The third-order valence-electron chi connectivity index (χ3n) is 3.80. The van der Waals surface area contributed by atoms with E-state index in [1.54, 1.807) is 0 Å². The number of carbonyl (C=O) groups excluding carboxylic acids is 1. The molecule has 0 spiro atoms. The lowest BCUT2D eigenvalue weighted by Gasteiger charge is -2.32. The number of nitro groups is 1. The van der Waals surface area contributed by atoms with Crippen molar-refractivity contribution in [2.75, 3.05) is 5.32 Å². The van der Waals surface area contributed by atoms with Crippen LogP contribution >= 0.6 is 0 Å². The van der Waals surface area contributed by atoms with Crippen molar-refractivity contribution in [1.82, 2.24) is 0 Å². The smallest absolute Gasteiger partial charge is 0.272 e. The number of nitrogens with zero attached hydrogens (tertiary/aromatic N) is 1. The molecule has 114 valence electrons. The van der Waals surface area contributed by atoms with Crippen molar-refractivity contribution in [2.45, 2.75) is 44.1 Å². The van der Waals surface area contributed by atoms with Gasteiger partial charge in [-0.15, -0.1) is 0 Å². The van der Waals surface area contributed by atoms with E-state index in [1.807, 2.05) is 0 Å². The summed E-state index contributed by atoms with van der Waals surface area (Å²) in [7, 11) is 0. The number of benzene rings is 1. The van der Waals surface area contributed by atoms with Gasteiger partial charge in [-0.3, -0.25) is 14.9 Å². The van der Waals surface area contributed by atoms with Crippen LogP contribution in [-0.2, 0) is 4.79 Å². The van der Waals surface area contributed by atoms with Crippen molar-refractivity contribution in [3.05, 3.63) is 34.1 Å². The summed E-state index contributed by atoms with van der Waals surface area (Å²) in [5.41, 5.74) is 5.23. The molecule has 7 heteroatoms. The first kappa shape index (κ1) is 15.4. The quantitative estimate of drug-likeness (QED) is 0.659. The van der Waals surface area contributed by atoms with E-state index in [0.29, 0.717) is 0 Å². The highest BCUT2D eigenvalue weighted by Gasteiger charge is 2.30. The summed E-state index contributed by atoms with van der Waals surface area (Å²) < 4.78 is 13.7. The van der Waals surface area contributed by atoms with Crippen LogP contribution in [0.5, 0.6) is 0 Å². The number of hydrogen-bond donors (Lipinski definition) is 2. The molecule has 21 heavy (non-hydrogen) atoms. The van der Waals surface area contributed by atoms with E-state index in [-0.39, 0.29) is 23.7 Å². The molecule has 1 aromatic carbocycles. The number of anilines is 1. The summed E-state index contributed by atoms with van der Waals surface area (Å²) in [4.78, 5) is 21.8. The fourth-order valence-corrected chi connectivity index (χ4v) is 2.67. The van der Waals surface area contributed by atoms with Gasteiger partial charge in [-0.05, 0) is 18.9 Å². The van der Waals surface area contributed by atoms with Crippen LogP contribution in [0.2, 0.25) is 0 Å². The highest BCUT2D eigenvalue weighted by molar-refractivity contribution is 5.91. The first-order valence-corrected chi connectivity index (χ1v) is 6.92. The number of non-ortho nitro benzene ring substituents is 1. The minimum Gasteiger partial charge on any atom is -0.325 e. The first-order valence-electron chi connectivity index (χ1n) is 6.92. The number of rotatable bonds is 4. The SMILES string of the molecule is NC1(CC(=O)Nc2ccc([N+](=O)[O-])cc2F)CCCCC1. The molecule has 1 saturated carbocycles. The Bertz CT molecular complexity index is 556. The summed E-state index contributed by atoms with van der Waals surface area (Å²) in [6, 6.07) is 3.13. The maximum Gasteiger partial charge on any atom is 0.272 e. The normalized spacial score (nSPS) is 17.2. The van der Waals surface area contributed by atoms with Crippen molar-refractivity contribution < 1.29 is 14.1 Å². The Hall–Kier alpha value is -2.02. The van der Waals surface area contributed by atoms with Crippen LogP contribution in [0.1, 0.15) is 38.5 Å². The molecule has 0 saturated heterocycles. The van der Waals surface area contributed by atoms with Gasteiger partial charge in [0.2, 0.25) is 5.91 Å². The van der Waals surface area contributed by atoms with Crippen LogP contribution in [0.15, 0.2) is 18.2 Å². The standard InChI is InChI=1S/C14H18FN3O3/c15-11-8-10(18(20)21)4-5-12(11)17-13(19)9-14(16)6-2-1-3-7-14/h4-5,8H,1-3,6-7,9,16H2,(H,17,19). The molecule has 0 unspecified atom stereocenters. The number of amides is 1. The molecule has 1 aliphatic carbocycles. The Kier molecular flexibility index (Phi) is 4.52. The number of hydrogen-bond acceptors (Lipinski definition) is 4. The van der Waals surface area contributed by atoms with Gasteiger partial charge in [0.25, 0.3) is 5.69 Å². The van der Waals surface area contributed by atoms with Crippen LogP contribution < -0.4 is 11.1 Å². The zero-order chi connectivity index (χ0) is 15.5. The molecule has 1 amide bonds. The molecule has 0 aromatic heterocycles. The number of carbonyl (C=O) groups is 1. The van der Waals surface area contributed by atoms with Gasteiger partial charge in [0, 0.05) is 18.0 Å². The second kappa shape index (κ2) is 6.17. The van der Waals surface area contributed by atoms with E-state index >= 15 is 0 Å². The molecule has 0 bridgehead atoms. The van der Waals surface area contributed by atoms with E-state index in [4.69, 9.17) is 5.73 Å². The van der Waals surface area contributed by atoms with Crippen LogP contribution in [0.25, 0.3) is 0 Å². The van der Waals surface area contributed by atoms with Crippen molar-refractivity contribution in [2.24, 2.45) is 5.73 Å². The zero-order valence-electron chi connectivity index (χ0n) is 11.6.